The third-order valence-electron chi connectivity index (χ3n) is 3.65. The molecule has 3 N–H and O–H groups in total. The number of nitrogens with two attached hydrogens (primary N) is 1. The molecule has 0 aromatic heterocycles. The number of nitrogen functional groups attached to an aromatic ring is 1. The van der Waals surface area contributed by atoms with Gasteiger partial charge in [0.2, 0.25) is 0 Å². The van der Waals surface area contributed by atoms with Gasteiger partial charge in [-0.15, -0.1) is 0 Å². The molecule has 5 nitrogen and oxygen atoms in total. The number of nitrogens with one attached hydrogen (secondary N) is 1. The molecule has 1 unspecified atom stereocenters. The van der Waals surface area contributed by atoms with E-state index < -0.39 is 9.84 Å². The Hall–Kier alpha value is -1.27. The van der Waals surface area contributed by atoms with E-state index in [4.69, 9.17) is 5.73 Å². The normalized spacial score (nSPS) is 20.6. The van der Waals surface area contributed by atoms with Crippen LogP contribution >= 0.6 is 0 Å². The van der Waals surface area contributed by atoms with Gasteiger partial charge in [-0.05, 0) is 44.6 Å². The standard InChI is InChI=1S/C13H21N3O2S/c1-16-7-3-4-10(16)9-15-13-6-5-11(8-12(13)14)19(2,17)18/h5-6,8,10,15H,3-4,7,9,14H2,1-2H3. The van der Waals surface area contributed by atoms with Crippen molar-refractivity contribution >= 4 is 21.2 Å². The van der Waals surface area contributed by atoms with E-state index in [2.05, 4.69) is 17.3 Å². The number of likely N-dealkylation sites (N-methyl/N-ethyl adjacent to an activating group) is 1. The Balaban J connectivity index is 2.05. The molecule has 0 spiro atoms. The predicted octanol–water partition coefficient (Wildman–Crippen LogP) is 1.18. The topological polar surface area (TPSA) is 75.4 Å². The quantitative estimate of drug-likeness (QED) is 0.812. The van der Waals surface area contributed by atoms with E-state index >= 15 is 0 Å². The molecule has 1 aromatic rings. The van der Waals surface area contributed by atoms with Crippen molar-refractivity contribution in [2.75, 3.05) is 37.4 Å². The van der Waals surface area contributed by atoms with Crippen LogP contribution in [-0.2, 0) is 9.84 Å². The Bertz CT molecular complexity index is 557. The van der Waals surface area contributed by atoms with Crippen LogP contribution in [0.15, 0.2) is 23.1 Å². The Morgan fingerprint density at radius 3 is 2.74 bits per heavy atom. The predicted molar refractivity (Wildman–Crippen MR) is 78.1 cm³/mol. The van der Waals surface area contributed by atoms with Crippen LogP contribution in [0, 0.1) is 0 Å². The van der Waals surface area contributed by atoms with Crippen molar-refractivity contribution in [2.45, 2.75) is 23.8 Å². The van der Waals surface area contributed by atoms with E-state index in [1.165, 1.54) is 25.2 Å². The van der Waals surface area contributed by atoms with Gasteiger partial charge in [0.05, 0.1) is 16.3 Å². The SMILES string of the molecule is CN1CCCC1CNc1ccc(S(C)(=O)=O)cc1N. The summed E-state index contributed by atoms with van der Waals surface area (Å²) in [5, 5.41) is 3.30. The molecule has 1 aromatic carbocycles. The van der Waals surface area contributed by atoms with Crippen LogP contribution in [0.2, 0.25) is 0 Å². The van der Waals surface area contributed by atoms with Crippen molar-refractivity contribution in [1.29, 1.82) is 0 Å². The van der Waals surface area contributed by atoms with Gasteiger partial charge >= 0.3 is 0 Å². The molecular weight excluding hydrogens is 262 g/mol. The molecule has 1 aliphatic rings. The zero-order valence-electron chi connectivity index (χ0n) is 11.4. The smallest absolute Gasteiger partial charge is 0.175 e. The van der Waals surface area contributed by atoms with Gasteiger partial charge in [0.25, 0.3) is 0 Å². The van der Waals surface area contributed by atoms with E-state index in [0.717, 1.165) is 18.8 Å². The van der Waals surface area contributed by atoms with Gasteiger partial charge in [-0.1, -0.05) is 0 Å². The van der Waals surface area contributed by atoms with Gasteiger partial charge in [0.1, 0.15) is 0 Å². The number of nitrogens with zero attached hydrogens (tertiary/aromatic N) is 1. The fourth-order valence-electron chi connectivity index (χ4n) is 2.40. The lowest BCUT2D eigenvalue weighted by molar-refractivity contribution is 0.322. The number of rotatable bonds is 4. The molecule has 6 heteroatoms. The lowest BCUT2D eigenvalue weighted by Gasteiger charge is -2.21. The summed E-state index contributed by atoms with van der Waals surface area (Å²) >= 11 is 0. The fourth-order valence-corrected chi connectivity index (χ4v) is 3.05. The van der Waals surface area contributed by atoms with Gasteiger partial charge < -0.3 is 16.0 Å². The Labute approximate surface area is 114 Å². The molecule has 19 heavy (non-hydrogen) atoms. The number of sulfone groups is 1. The fraction of sp³-hybridized carbons (Fsp3) is 0.538. The van der Waals surface area contributed by atoms with Crippen molar-refractivity contribution < 1.29 is 8.42 Å². The highest BCUT2D eigenvalue weighted by molar-refractivity contribution is 7.90. The molecule has 0 bridgehead atoms. The average molecular weight is 283 g/mol. The number of likely N-dealkylation sites (tertiary alicyclic amines) is 1. The lowest BCUT2D eigenvalue weighted by atomic mass is 10.2. The first-order valence-corrected chi connectivity index (χ1v) is 8.31. The molecule has 106 valence electrons. The van der Waals surface area contributed by atoms with E-state index in [1.54, 1.807) is 12.1 Å². The van der Waals surface area contributed by atoms with Crippen molar-refractivity contribution in [2.24, 2.45) is 0 Å². The summed E-state index contributed by atoms with van der Waals surface area (Å²) in [5.74, 6) is 0. The Morgan fingerprint density at radius 1 is 1.47 bits per heavy atom. The molecule has 1 aliphatic heterocycles. The first-order chi connectivity index (χ1) is 8.88. The van der Waals surface area contributed by atoms with E-state index in [1.807, 2.05) is 0 Å². The zero-order chi connectivity index (χ0) is 14.0. The van der Waals surface area contributed by atoms with Crippen LogP contribution in [0.1, 0.15) is 12.8 Å². The van der Waals surface area contributed by atoms with Crippen molar-refractivity contribution in [3.8, 4) is 0 Å². The number of benzene rings is 1. The third-order valence-corrected chi connectivity index (χ3v) is 4.76. The highest BCUT2D eigenvalue weighted by atomic mass is 32.2. The summed E-state index contributed by atoms with van der Waals surface area (Å²) in [6.45, 7) is 1.97. The monoisotopic (exact) mass is 283 g/mol. The van der Waals surface area contributed by atoms with Gasteiger partial charge in [0, 0.05) is 18.8 Å². The molecule has 1 fully saturated rings. The van der Waals surface area contributed by atoms with E-state index in [0.29, 0.717) is 11.7 Å². The summed E-state index contributed by atoms with van der Waals surface area (Å²) in [5.41, 5.74) is 7.17. The maximum Gasteiger partial charge on any atom is 0.175 e. The number of hydrogen-bond donors (Lipinski definition) is 2. The summed E-state index contributed by atoms with van der Waals surface area (Å²) in [4.78, 5) is 2.59. The maximum absolute atomic E-state index is 11.4. The molecule has 0 saturated carbocycles. The van der Waals surface area contributed by atoms with Crippen molar-refractivity contribution in [3.05, 3.63) is 18.2 Å². The van der Waals surface area contributed by atoms with Gasteiger partial charge in [-0.25, -0.2) is 8.42 Å². The van der Waals surface area contributed by atoms with Crippen LogP contribution in [0.5, 0.6) is 0 Å². The second-order valence-electron chi connectivity index (χ2n) is 5.18. The maximum atomic E-state index is 11.4. The lowest BCUT2D eigenvalue weighted by Crippen LogP contribution is -2.31. The van der Waals surface area contributed by atoms with Crippen molar-refractivity contribution in [1.82, 2.24) is 4.90 Å². The second kappa shape index (κ2) is 5.38. The second-order valence-corrected chi connectivity index (χ2v) is 7.19. The van der Waals surface area contributed by atoms with Gasteiger partial charge in [-0.3, -0.25) is 0 Å². The Morgan fingerprint density at radius 2 is 2.21 bits per heavy atom. The molecule has 2 rings (SSSR count). The number of anilines is 2. The summed E-state index contributed by atoms with van der Waals surface area (Å²) in [6.07, 6.45) is 3.60. The zero-order valence-corrected chi connectivity index (χ0v) is 12.2. The summed E-state index contributed by atoms with van der Waals surface area (Å²) in [6, 6.07) is 5.36. The molecule has 0 aliphatic carbocycles. The molecule has 1 heterocycles. The van der Waals surface area contributed by atoms with Gasteiger partial charge in [-0.2, -0.15) is 0 Å². The van der Waals surface area contributed by atoms with Gasteiger partial charge in [0.15, 0.2) is 9.84 Å². The van der Waals surface area contributed by atoms with Crippen molar-refractivity contribution in [3.63, 3.8) is 0 Å². The van der Waals surface area contributed by atoms with Crippen LogP contribution in [-0.4, -0.2) is 45.8 Å². The largest absolute Gasteiger partial charge is 0.397 e. The number of hydrogen-bond acceptors (Lipinski definition) is 5. The minimum atomic E-state index is -3.20. The molecule has 1 atom stereocenters. The third kappa shape index (κ3) is 3.39. The minimum absolute atomic E-state index is 0.258. The Kier molecular flexibility index (Phi) is 4.01. The van der Waals surface area contributed by atoms with Crippen LogP contribution < -0.4 is 11.1 Å². The molecule has 0 radical (unpaired) electrons. The first-order valence-electron chi connectivity index (χ1n) is 6.41. The minimum Gasteiger partial charge on any atom is -0.397 e. The highest BCUT2D eigenvalue weighted by Crippen LogP contribution is 2.23. The van der Waals surface area contributed by atoms with E-state index in [-0.39, 0.29) is 4.90 Å². The molecule has 0 amide bonds. The summed E-state index contributed by atoms with van der Waals surface area (Å²) < 4.78 is 22.8. The van der Waals surface area contributed by atoms with Crippen LogP contribution in [0.25, 0.3) is 0 Å². The average Bonchev–Trinajstić information content (AvgIpc) is 2.72. The molecular formula is C13H21N3O2S. The summed E-state index contributed by atoms with van der Waals surface area (Å²) in [7, 11) is -1.08. The van der Waals surface area contributed by atoms with Crippen LogP contribution in [0.3, 0.4) is 0 Å². The first kappa shape index (κ1) is 14.1. The van der Waals surface area contributed by atoms with Crippen LogP contribution in [0.4, 0.5) is 11.4 Å². The highest BCUT2D eigenvalue weighted by Gasteiger charge is 2.20. The molecule has 1 saturated heterocycles. The van der Waals surface area contributed by atoms with E-state index in [9.17, 15) is 8.42 Å².